The van der Waals surface area contributed by atoms with Crippen molar-refractivity contribution in [2.75, 3.05) is 7.11 Å². The minimum atomic E-state index is -0.448. The summed E-state index contributed by atoms with van der Waals surface area (Å²) < 4.78 is 24.2. The molecule has 3 aromatic carbocycles. The number of non-ortho nitro benzene ring substituents is 1. The monoisotopic (exact) mass is 430 g/mol. The highest BCUT2D eigenvalue weighted by Crippen LogP contribution is 2.34. The predicted molar refractivity (Wildman–Crippen MR) is 112 cm³/mol. The molecule has 6 nitrogen and oxygen atoms in total. The predicted octanol–water partition coefficient (Wildman–Crippen LogP) is 5.26. The van der Waals surface area contributed by atoms with Crippen LogP contribution in [0.4, 0.5) is 10.1 Å². The van der Waals surface area contributed by atoms with Crippen LogP contribution < -0.4 is 14.8 Å². The van der Waals surface area contributed by atoms with E-state index in [0.29, 0.717) is 29.6 Å². The van der Waals surface area contributed by atoms with Gasteiger partial charge in [-0.25, -0.2) is 4.39 Å². The molecule has 0 atom stereocenters. The summed E-state index contributed by atoms with van der Waals surface area (Å²) in [5, 5.41) is 14.5. The molecule has 0 aromatic heterocycles. The Kier molecular flexibility index (Phi) is 7.21. The van der Waals surface area contributed by atoms with E-state index in [4.69, 9.17) is 21.1 Å². The highest BCUT2D eigenvalue weighted by atomic mass is 35.5. The van der Waals surface area contributed by atoms with Crippen molar-refractivity contribution in [2.45, 2.75) is 19.7 Å². The standard InChI is InChI=1S/C22H20ClFN2O4/c1-29-21-10-17(13-25-12-15-2-6-18(24)7-3-15)20(23)11-22(21)30-14-16-4-8-19(9-5-16)26(27)28/h2-11,25H,12-14H2,1H3. The van der Waals surface area contributed by atoms with Crippen LogP contribution in [0.5, 0.6) is 11.5 Å². The number of methoxy groups -OCH3 is 1. The van der Waals surface area contributed by atoms with Crippen LogP contribution >= 0.6 is 11.6 Å². The van der Waals surface area contributed by atoms with E-state index in [1.807, 2.05) is 0 Å². The minimum absolute atomic E-state index is 0.0249. The van der Waals surface area contributed by atoms with Crippen LogP contribution in [0.1, 0.15) is 16.7 Å². The van der Waals surface area contributed by atoms with Gasteiger partial charge in [-0.3, -0.25) is 10.1 Å². The fourth-order valence-electron chi connectivity index (χ4n) is 2.80. The Balaban J connectivity index is 1.62. The first-order valence-electron chi connectivity index (χ1n) is 9.14. The Bertz CT molecular complexity index is 1010. The van der Waals surface area contributed by atoms with Crippen LogP contribution in [0.15, 0.2) is 60.7 Å². The lowest BCUT2D eigenvalue weighted by Gasteiger charge is -2.14. The molecule has 0 bridgehead atoms. The van der Waals surface area contributed by atoms with Gasteiger partial charge in [-0.05, 0) is 47.0 Å². The first-order valence-corrected chi connectivity index (χ1v) is 9.52. The Morgan fingerprint density at radius 2 is 1.67 bits per heavy atom. The van der Waals surface area contributed by atoms with Gasteiger partial charge in [0.15, 0.2) is 11.5 Å². The molecule has 0 radical (unpaired) electrons. The van der Waals surface area contributed by atoms with Crippen LogP contribution in [-0.2, 0) is 19.7 Å². The van der Waals surface area contributed by atoms with Crippen molar-refractivity contribution < 1.29 is 18.8 Å². The first kappa shape index (κ1) is 21.5. The van der Waals surface area contributed by atoms with E-state index in [1.54, 1.807) is 36.4 Å². The van der Waals surface area contributed by atoms with Crippen LogP contribution in [0.25, 0.3) is 0 Å². The van der Waals surface area contributed by atoms with E-state index in [-0.39, 0.29) is 18.1 Å². The van der Waals surface area contributed by atoms with Crippen LogP contribution in [0.3, 0.4) is 0 Å². The average Bonchev–Trinajstić information content (AvgIpc) is 2.75. The zero-order chi connectivity index (χ0) is 21.5. The van der Waals surface area contributed by atoms with E-state index < -0.39 is 4.92 Å². The Morgan fingerprint density at radius 3 is 2.30 bits per heavy atom. The number of ether oxygens (including phenoxy) is 2. The van der Waals surface area contributed by atoms with Crippen LogP contribution in [0.2, 0.25) is 5.02 Å². The molecule has 3 rings (SSSR count). The van der Waals surface area contributed by atoms with Gasteiger partial charge in [-0.15, -0.1) is 0 Å². The maximum atomic E-state index is 13.0. The number of nitro groups is 1. The Morgan fingerprint density at radius 1 is 1.00 bits per heavy atom. The summed E-state index contributed by atoms with van der Waals surface area (Å²) >= 11 is 6.40. The second-order valence-corrected chi connectivity index (χ2v) is 6.94. The smallest absolute Gasteiger partial charge is 0.269 e. The summed E-state index contributed by atoms with van der Waals surface area (Å²) in [7, 11) is 1.54. The normalized spacial score (nSPS) is 10.6. The summed E-state index contributed by atoms with van der Waals surface area (Å²) in [4.78, 5) is 10.3. The molecule has 0 spiro atoms. The fourth-order valence-corrected chi connectivity index (χ4v) is 3.02. The summed E-state index contributed by atoms with van der Waals surface area (Å²) in [6.45, 7) is 1.28. The maximum Gasteiger partial charge on any atom is 0.269 e. The number of benzene rings is 3. The fraction of sp³-hybridized carbons (Fsp3) is 0.182. The molecule has 0 amide bonds. The lowest BCUT2D eigenvalue weighted by atomic mass is 10.1. The molecular formula is C22H20ClFN2O4. The van der Waals surface area contributed by atoms with Gasteiger partial charge in [-0.1, -0.05) is 23.7 Å². The molecule has 0 saturated heterocycles. The Labute approximate surface area is 178 Å². The highest BCUT2D eigenvalue weighted by molar-refractivity contribution is 6.31. The van der Waals surface area contributed by atoms with Gasteiger partial charge in [0.1, 0.15) is 12.4 Å². The number of rotatable bonds is 9. The van der Waals surface area contributed by atoms with Gasteiger partial charge in [0.2, 0.25) is 0 Å². The molecule has 0 aliphatic heterocycles. The van der Waals surface area contributed by atoms with Gasteiger partial charge in [-0.2, -0.15) is 0 Å². The minimum Gasteiger partial charge on any atom is -0.493 e. The third-order valence-corrected chi connectivity index (χ3v) is 4.78. The van der Waals surface area contributed by atoms with Crippen molar-refractivity contribution in [2.24, 2.45) is 0 Å². The molecule has 0 fully saturated rings. The quantitative estimate of drug-likeness (QED) is 0.370. The van der Waals surface area contributed by atoms with Crippen molar-refractivity contribution >= 4 is 17.3 Å². The molecule has 156 valence electrons. The zero-order valence-electron chi connectivity index (χ0n) is 16.2. The second-order valence-electron chi connectivity index (χ2n) is 6.54. The van der Waals surface area contributed by atoms with Crippen molar-refractivity contribution in [3.63, 3.8) is 0 Å². The lowest BCUT2D eigenvalue weighted by molar-refractivity contribution is -0.384. The highest BCUT2D eigenvalue weighted by Gasteiger charge is 2.12. The molecular weight excluding hydrogens is 411 g/mol. The first-order chi connectivity index (χ1) is 14.5. The van der Waals surface area contributed by atoms with E-state index in [2.05, 4.69) is 5.32 Å². The van der Waals surface area contributed by atoms with Crippen molar-refractivity contribution in [3.05, 3.63) is 98.3 Å². The van der Waals surface area contributed by atoms with E-state index in [0.717, 1.165) is 16.7 Å². The molecule has 0 heterocycles. The van der Waals surface area contributed by atoms with E-state index in [9.17, 15) is 14.5 Å². The van der Waals surface area contributed by atoms with Crippen molar-refractivity contribution in [1.82, 2.24) is 5.32 Å². The number of nitrogens with zero attached hydrogens (tertiary/aromatic N) is 1. The zero-order valence-corrected chi connectivity index (χ0v) is 17.0. The van der Waals surface area contributed by atoms with Crippen LogP contribution in [0, 0.1) is 15.9 Å². The second kappa shape index (κ2) is 10.0. The molecule has 0 aliphatic carbocycles. The van der Waals surface area contributed by atoms with Gasteiger partial charge in [0, 0.05) is 36.3 Å². The summed E-state index contributed by atoms with van der Waals surface area (Å²) in [6, 6.07) is 15.9. The number of hydrogen-bond donors (Lipinski definition) is 1. The van der Waals surface area contributed by atoms with Crippen molar-refractivity contribution in [3.8, 4) is 11.5 Å². The average molecular weight is 431 g/mol. The molecule has 0 aliphatic rings. The maximum absolute atomic E-state index is 13.0. The largest absolute Gasteiger partial charge is 0.493 e. The van der Waals surface area contributed by atoms with Gasteiger partial charge in [0.25, 0.3) is 5.69 Å². The van der Waals surface area contributed by atoms with Gasteiger partial charge >= 0.3 is 0 Å². The summed E-state index contributed by atoms with van der Waals surface area (Å²) in [5.41, 5.74) is 2.60. The number of nitrogens with one attached hydrogen (secondary N) is 1. The molecule has 30 heavy (non-hydrogen) atoms. The molecule has 1 N–H and O–H groups in total. The van der Waals surface area contributed by atoms with Gasteiger partial charge in [0.05, 0.1) is 12.0 Å². The molecule has 8 heteroatoms. The number of nitro benzene ring substituents is 1. The summed E-state index contributed by atoms with van der Waals surface area (Å²) in [6.07, 6.45) is 0. The topological polar surface area (TPSA) is 73.6 Å². The molecule has 3 aromatic rings. The van der Waals surface area contributed by atoms with E-state index in [1.165, 1.54) is 31.4 Å². The summed E-state index contributed by atoms with van der Waals surface area (Å²) in [5.74, 6) is 0.735. The van der Waals surface area contributed by atoms with Crippen molar-refractivity contribution in [1.29, 1.82) is 0 Å². The number of hydrogen-bond acceptors (Lipinski definition) is 5. The van der Waals surface area contributed by atoms with E-state index >= 15 is 0 Å². The van der Waals surface area contributed by atoms with Gasteiger partial charge < -0.3 is 14.8 Å². The lowest BCUT2D eigenvalue weighted by Crippen LogP contribution is -2.13. The third-order valence-electron chi connectivity index (χ3n) is 4.43. The van der Waals surface area contributed by atoms with Crippen LogP contribution in [-0.4, -0.2) is 12.0 Å². The molecule has 0 saturated carbocycles. The Hall–Kier alpha value is -3.16. The number of halogens is 2. The molecule has 0 unspecified atom stereocenters. The third kappa shape index (κ3) is 5.68. The SMILES string of the molecule is COc1cc(CNCc2ccc(F)cc2)c(Cl)cc1OCc1ccc([N+](=O)[O-])cc1.